The van der Waals surface area contributed by atoms with Crippen LogP contribution < -0.4 is 5.32 Å². The molecule has 2 aromatic rings. The molecule has 0 saturated heterocycles. The number of hydrogen-bond donors (Lipinski definition) is 1. The molecule has 3 rings (SSSR count). The Balaban J connectivity index is 1.84. The molecule has 114 valence electrons. The first kappa shape index (κ1) is 14.9. The predicted molar refractivity (Wildman–Crippen MR) is 88.0 cm³/mol. The second-order valence-electron chi connectivity index (χ2n) is 5.96. The lowest BCUT2D eigenvalue weighted by atomic mass is 10.1. The Morgan fingerprint density at radius 3 is 2.95 bits per heavy atom. The molecular weight excluding hydrogens is 284 g/mol. The summed E-state index contributed by atoms with van der Waals surface area (Å²) in [6.45, 7) is 3.95. The number of nitrogens with one attached hydrogen (secondary N) is 1. The maximum Gasteiger partial charge on any atom is 0.0661 e. The summed E-state index contributed by atoms with van der Waals surface area (Å²) in [6.07, 6.45) is 5.65. The lowest BCUT2D eigenvalue weighted by Gasteiger charge is -2.14. The fourth-order valence-corrected chi connectivity index (χ4v) is 3.08. The molecule has 1 aliphatic carbocycles. The molecule has 1 unspecified atom stereocenters. The Hall–Kier alpha value is -1.03. The van der Waals surface area contributed by atoms with E-state index < -0.39 is 0 Å². The van der Waals surface area contributed by atoms with Gasteiger partial charge in [-0.2, -0.15) is 0 Å². The van der Waals surface area contributed by atoms with E-state index in [1.165, 1.54) is 23.9 Å². The van der Waals surface area contributed by atoms with Crippen LogP contribution in [0.25, 0.3) is 10.9 Å². The van der Waals surface area contributed by atoms with Crippen molar-refractivity contribution in [2.75, 3.05) is 13.7 Å². The van der Waals surface area contributed by atoms with E-state index in [2.05, 4.69) is 35.0 Å². The summed E-state index contributed by atoms with van der Waals surface area (Å²) in [5.74, 6) is 0. The van der Waals surface area contributed by atoms with Crippen LogP contribution in [-0.4, -0.2) is 24.3 Å². The van der Waals surface area contributed by atoms with Crippen molar-refractivity contribution in [3.63, 3.8) is 0 Å². The van der Waals surface area contributed by atoms with Crippen LogP contribution in [0.1, 0.15) is 37.8 Å². The highest BCUT2D eigenvalue weighted by atomic mass is 35.5. The zero-order valence-electron chi connectivity index (χ0n) is 12.7. The van der Waals surface area contributed by atoms with Crippen molar-refractivity contribution in [3.8, 4) is 0 Å². The molecule has 21 heavy (non-hydrogen) atoms. The van der Waals surface area contributed by atoms with Crippen LogP contribution >= 0.6 is 11.6 Å². The van der Waals surface area contributed by atoms with Crippen LogP contribution in [0.2, 0.25) is 5.02 Å². The number of aromatic nitrogens is 1. The normalized spacial score (nSPS) is 16.5. The Morgan fingerprint density at radius 1 is 1.43 bits per heavy atom. The molecule has 0 spiro atoms. The summed E-state index contributed by atoms with van der Waals surface area (Å²) in [4.78, 5) is 0. The van der Waals surface area contributed by atoms with Crippen molar-refractivity contribution in [2.45, 2.75) is 44.8 Å². The first-order valence-corrected chi connectivity index (χ1v) is 8.10. The Morgan fingerprint density at radius 2 is 2.24 bits per heavy atom. The van der Waals surface area contributed by atoms with Crippen molar-refractivity contribution < 1.29 is 4.74 Å². The molecule has 1 heterocycles. The molecule has 1 saturated carbocycles. The van der Waals surface area contributed by atoms with Gasteiger partial charge in [0.05, 0.1) is 5.02 Å². The summed E-state index contributed by atoms with van der Waals surface area (Å²) >= 11 is 6.35. The SMILES string of the molecule is COCCCn1cc(Cl)c2ccc(C(C)NC3CC3)cc21. The van der Waals surface area contributed by atoms with Crippen LogP contribution in [-0.2, 0) is 11.3 Å². The Labute approximate surface area is 131 Å². The minimum absolute atomic E-state index is 0.392. The molecule has 3 nitrogen and oxygen atoms in total. The minimum atomic E-state index is 0.392. The van der Waals surface area contributed by atoms with Gasteiger partial charge in [0, 0.05) is 49.4 Å². The number of nitrogens with zero attached hydrogens (tertiary/aromatic N) is 1. The maximum absolute atomic E-state index is 6.35. The largest absolute Gasteiger partial charge is 0.385 e. The van der Waals surface area contributed by atoms with Gasteiger partial charge in [0.25, 0.3) is 0 Å². The third kappa shape index (κ3) is 3.42. The van der Waals surface area contributed by atoms with Gasteiger partial charge in [0.2, 0.25) is 0 Å². The van der Waals surface area contributed by atoms with Gasteiger partial charge >= 0.3 is 0 Å². The first-order chi connectivity index (χ1) is 10.2. The molecule has 0 bridgehead atoms. The number of aryl methyl sites for hydroxylation is 1. The van der Waals surface area contributed by atoms with Crippen molar-refractivity contribution in [1.82, 2.24) is 9.88 Å². The van der Waals surface area contributed by atoms with Gasteiger partial charge in [-0.3, -0.25) is 0 Å². The summed E-state index contributed by atoms with van der Waals surface area (Å²) in [5.41, 5.74) is 2.55. The summed E-state index contributed by atoms with van der Waals surface area (Å²) in [6, 6.07) is 7.71. The molecule has 1 atom stereocenters. The minimum Gasteiger partial charge on any atom is -0.385 e. The Bertz CT molecular complexity index is 619. The molecule has 0 aliphatic heterocycles. The number of methoxy groups -OCH3 is 1. The van der Waals surface area contributed by atoms with Gasteiger partial charge in [-0.25, -0.2) is 0 Å². The van der Waals surface area contributed by atoms with E-state index in [4.69, 9.17) is 16.3 Å². The van der Waals surface area contributed by atoms with Crippen LogP contribution in [0.5, 0.6) is 0 Å². The highest BCUT2D eigenvalue weighted by Gasteiger charge is 2.23. The third-order valence-corrected chi connectivity index (χ3v) is 4.47. The van der Waals surface area contributed by atoms with Crippen LogP contribution in [0, 0.1) is 0 Å². The van der Waals surface area contributed by atoms with Crippen LogP contribution in [0.4, 0.5) is 0 Å². The van der Waals surface area contributed by atoms with Crippen molar-refractivity contribution >= 4 is 22.5 Å². The van der Waals surface area contributed by atoms with E-state index in [-0.39, 0.29) is 0 Å². The van der Waals surface area contributed by atoms with Gasteiger partial charge in [-0.15, -0.1) is 0 Å². The van der Waals surface area contributed by atoms with Crippen molar-refractivity contribution in [2.24, 2.45) is 0 Å². The van der Waals surface area contributed by atoms with Gasteiger partial charge in [-0.1, -0.05) is 23.7 Å². The molecule has 1 aromatic carbocycles. The van der Waals surface area contributed by atoms with E-state index in [9.17, 15) is 0 Å². The highest BCUT2D eigenvalue weighted by Crippen LogP contribution is 2.30. The average Bonchev–Trinajstić information content (AvgIpc) is 3.24. The maximum atomic E-state index is 6.35. The fourth-order valence-electron chi connectivity index (χ4n) is 2.80. The third-order valence-electron chi connectivity index (χ3n) is 4.17. The van der Waals surface area contributed by atoms with E-state index in [0.29, 0.717) is 12.1 Å². The summed E-state index contributed by atoms with van der Waals surface area (Å²) < 4.78 is 7.38. The number of halogens is 1. The fraction of sp³-hybridized carbons (Fsp3) is 0.529. The van der Waals surface area contributed by atoms with E-state index in [1.54, 1.807) is 7.11 Å². The number of hydrogen-bond acceptors (Lipinski definition) is 2. The Kier molecular flexibility index (Phi) is 4.53. The van der Waals surface area contributed by atoms with E-state index >= 15 is 0 Å². The lowest BCUT2D eigenvalue weighted by Crippen LogP contribution is -2.20. The number of rotatable bonds is 7. The summed E-state index contributed by atoms with van der Waals surface area (Å²) in [5, 5.41) is 5.62. The quantitative estimate of drug-likeness (QED) is 0.778. The molecule has 4 heteroatoms. The standard InChI is InChI=1S/C17H23ClN2O/c1-12(19-14-5-6-14)13-4-7-15-16(18)11-20(17(15)10-13)8-3-9-21-2/h4,7,10-12,14,19H,3,5-6,8-9H2,1-2H3. The second kappa shape index (κ2) is 6.39. The van der Waals surface area contributed by atoms with Crippen LogP contribution in [0.15, 0.2) is 24.4 Å². The molecule has 1 aliphatic rings. The van der Waals surface area contributed by atoms with Crippen molar-refractivity contribution in [3.05, 3.63) is 35.0 Å². The monoisotopic (exact) mass is 306 g/mol. The zero-order valence-corrected chi connectivity index (χ0v) is 13.5. The average molecular weight is 307 g/mol. The van der Waals surface area contributed by atoms with E-state index in [1.807, 2.05) is 6.20 Å². The van der Waals surface area contributed by atoms with Gasteiger partial charge in [0.15, 0.2) is 0 Å². The van der Waals surface area contributed by atoms with Gasteiger partial charge < -0.3 is 14.6 Å². The molecule has 1 N–H and O–H groups in total. The molecule has 0 amide bonds. The zero-order chi connectivity index (χ0) is 14.8. The topological polar surface area (TPSA) is 26.2 Å². The van der Waals surface area contributed by atoms with E-state index in [0.717, 1.165) is 30.0 Å². The summed E-state index contributed by atoms with van der Waals surface area (Å²) in [7, 11) is 1.74. The number of benzene rings is 1. The number of ether oxygens (including phenoxy) is 1. The van der Waals surface area contributed by atoms with Crippen LogP contribution in [0.3, 0.4) is 0 Å². The molecule has 1 fully saturated rings. The molecule has 1 aromatic heterocycles. The second-order valence-corrected chi connectivity index (χ2v) is 6.36. The van der Waals surface area contributed by atoms with Gasteiger partial charge in [-0.05, 0) is 37.8 Å². The lowest BCUT2D eigenvalue weighted by molar-refractivity contribution is 0.190. The predicted octanol–water partition coefficient (Wildman–Crippen LogP) is 4.14. The first-order valence-electron chi connectivity index (χ1n) is 7.72. The number of fused-ring (bicyclic) bond motifs is 1. The molecule has 0 radical (unpaired) electrons. The molecular formula is C17H23ClN2O. The smallest absolute Gasteiger partial charge is 0.0661 e. The van der Waals surface area contributed by atoms with Gasteiger partial charge in [0.1, 0.15) is 0 Å². The van der Waals surface area contributed by atoms with Crippen molar-refractivity contribution in [1.29, 1.82) is 0 Å². The highest BCUT2D eigenvalue weighted by molar-refractivity contribution is 6.35.